The van der Waals surface area contributed by atoms with Gasteiger partial charge in [0, 0.05) is 0 Å². The lowest BCUT2D eigenvalue weighted by Crippen LogP contribution is -1.66. The average molecular weight is 362 g/mol. The third kappa shape index (κ3) is 132000. The lowest BCUT2D eigenvalue weighted by molar-refractivity contribution is 0.272. The SMILES string of the molecule is C.FCF.O=P(O)(O)O.O=P(O)(O)O.O=P(O)(O)O. The topological polar surface area (TPSA) is 233 Å². The summed E-state index contributed by atoms with van der Waals surface area (Å²) in [6, 6.07) is 0. The quantitative estimate of drug-likeness (QED) is 0.230. The molecule has 0 spiro atoms. The summed E-state index contributed by atoms with van der Waals surface area (Å²) >= 11 is 0. The van der Waals surface area contributed by atoms with Crippen LogP contribution in [0.5, 0.6) is 0 Å². The van der Waals surface area contributed by atoms with E-state index in [9.17, 15) is 8.78 Å². The standard InChI is InChI=1S/CH2F2.CH4.3H3O4P/c2-1-3;;3*1-5(2,3)4/h1H2;1H4;3*(H3,1,2,3,4). The van der Waals surface area contributed by atoms with Gasteiger partial charge in [-0.1, -0.05) is 7.43 Å². The molecule has 0 atom stereocenters. The largest absolute Gasteiger partial charge is 0.466 e. The highest BCUT2D eigenvalue weighted by Gasteiger charge is 2.01. The number of alkyl halides is 2. The van der Waals surface area contributed by atoms with Gasteiger partial charge in [0.2, 0.25) is 6.93 Å². The zero-order chi connectivity index (χ0) is 16.2. The first-order chi connectivity index (χ1) is 7.41. The molecule has 0 bridgehead atoms. The van der Waals surface area contributed by atoms with Gasteiger partial charge in [0.1, 0.15) is 0 Å². The molecule has 12 nitrogen and oxygen atoms in total. The van der Waals surface area contributed by atoms with Crippen LogP contribution in [0.25, 0.3) is 0 Å². The minimum Gasteiger partial charge on any atom is -0.303 e. The molecule has 19 heavy (non-hydrogen) atoms. The Morgan fingerprint density at radius 1 is 0.579 bits per heavy atom. The minimum atomic E-state index is -4.64. The maximum absolute atomic E-state index is 9.62. The van der Waals surface area contributed by atoms with Crippen LogP contribution in [0.3, 0.4) is 0 Å². The van der Waals surface area contributed by atoms with Gasteiger partial charge in [0.05, 0.1) is 0 Å². The Hall–Kier alpha value is 0.190. The second-order valence-electron chi connectivity index (χ2n) is 1.64. The Morgan fingerprint density at radius 3 is 0.579 bits per heavy atom. The van der Waals surface area contributed by atoms with E-state index in [4.69, 9.17) is 57.7 Å². The molecule has 0 unspecified atom stereocenters. The van der Waals surface area contributed by atoms with E-state index in [0.717, 1.165) is 0 Å². The fraction of sp³-hybridized carbons (Fsp3) is 1.00. The Balaban J connectivity index is -0.0000000458. The highest BCUT2D eigenvalue weighted by Crippen LogP contribution is 2.26. The Labute approximate surface area is 105 Å². The van der Waals surface area contributed by atoms with E-state index in [0.29, 0.717) is 0 Å². The van der Waals surface area contributed by atoms with Crippen LogP contribution >= 0.6 is 23.5 Å². The summed E-state index contributed by atoms with van der Waals surface area (Å²) < 4.78 is 45.9. The molecule has 124 valence electrons. The Kier molecular flexibility index (Phi) is 24.2. The van der Waals surface area contributed by atoms with E-state index < -0.39 is 30.4 Å². The van der Waals surface area contributed by atoms with Crippen molar-refractivity contribution >= 4 is 23.5 Å². The number of halogens is 2. The molecule has 0 saturated carbocycles. The minimum absolute atomic E-state index is 0. The van der Waals surface area contributed by atoms with Crippen LogP contribution < -0.4 is 0 Å². The molecule has 0 fully saturated rings. The third-order valence-corrected chi connectivity index (χ3v) is 0. The fourth-order valence-electron chi connectivity index (χ4n) is 0. The van der Waals surface area contributed by atoms with Gasteiger partial charge in [0.15, 0.2) is 0 Å². The Morgan fingerprint density at radius 2 is 0.579 bits per heavy atom. The molecule has 0 aliphatic carbocycles. The van der Waals surface area contributed by atoms with Crippen molar-refractivity contribution in [1.29, 1.82) is 0 Å². The monoisotopic (exact) mass is 362 g/mol. The molecular weight excluding hydrogens is 347 g/mol. The van der Waals surface area contributed by atoms with Crippen molar-refractivity contribution in [3.05, 3.63) is 0 Å². The molecule has 17 heteroatoms. The van der Waals surface area contributed by atoms with E-state index in [1.165, 1.54) is 0 Å². The van der Waals surface area contributed by atoms with E-state index in [2.05, 4.69) is 0 Å². The second-order valence-corrected chi connectivity index (χ2v) is 4.72. The van der Waals surface area contributed by atoms with Crippen molar-refractivity contribution in [2.24, 2.45) is 0 Å². The van der Waals surface area contributed by atoms with Crippen molar-refractivity contribution in [3.8, 4) is 0 Å². The van der Waals surface area contributed by atoms with Crippen molar-refractivity contribution < 1.29 is 66.5 Å². The van der Waals surface area contributed by atoms with Gasteiger partial charge in [-0.05, 0) is 0 Å². The van der Waals surface area contributed by atoms with Crippen molar-refractivity contribution in [2.45, 2.75) is 7.43 Å². The maximum atomic E-state index is 9.62. The molecule has 0 radical (unpaired) electrons. The zero-order valence-electron chi connectivity index (χ0n) is 8.05. The molecule has 0 aromatic heterocycles. The number of rotatable bonds is 0. The summed E-state index contributed by atoms with van der Waals surface area (Å²) in [6.07, 6.45) is 0. The molecule has 0 saturated heterocycles. The third-order valence-electron chi connectivity index (χ3n) is 0. The van der Waals surface area contributed by atoms with Gasteiger partial charge in [-0.25, -0.2) is 22.5 Å². The van der Waals surface area contributed by atoms with Gasteiger partial charge in [-0.15, -0.1) is 0 Å². The van der Waals surface area contributed by atoms with Crippen LogP contribution in [0.15, 0.2) is 0 Å². The first-order valence-corrected chi connectivity index (χ1v) is 7.58. The zero-order valence-corrected chi connectivity index (χ0v) is 10.7. The van der Waals surface area contributed by atoms with Crippen molar-refractivity contribution in [1.82, 2.24) is 0 Å². The summed E-state index contributed by atoms with van der Waals surface area (Å²) in [6.45, 7) is -1.75. The van der Waals surface area contributed by atoms with Crippen LogP contribution in [-0.2, 0) is 13.7 Å². The molecule has 0 aliphatic rings. The van der Waals surface area contributed by atoms with Gasteiger partial charge in [-0.3, -0.25) is 0 Å². The summed E-state index contributed by atoms with van der Waals surface area (Å²) in [5.41, 5.74) is 0. The highest BCUT2D eigenvalue weighted by atomic mass is 31.2. The number of phosphoric acid groups is 3. The van der Waals surface area contributed by atoms with Crippen LogP contribution in [0.2, 0.25) is 0 Å². The van der Waals surface area contributed by atoms with Gasteiger partial charge in [-0.2, -0.15) is 0 Å². The van der Waals surface area contributed by atoms with E-state index in [1.807, 2.05) is 0 Å². The summed E-state index contributed by atoms with van der Waals surface area (Å²) in [5.74, 6) is 0. The summed E-state index contributed by atoms with van der Waals surface area (Å²) in [5, 5.41) is 0. The fourth-order valence-corrected chi connectivity index (χ4v) is 0. The predicted molar refractivity (Wildman–Crippen MR) is 56.6 cm³/mol. The van der Waals surface area contributed by atoms with Gasteiger partial charge in [0.25, 0.3) is 0 Å². The summed E-state index contributed by atoms with van der Waals surface area (Å²) in [7, 11) is -13.9. The van der Waals surface area contributed by atoms with Crippen LogP contribution in [0.4, 0.5) is 8.78 Å². The molecule has 0 heterocycles. The van der Waals surface area contributed by atoms with Gasteiger partial charge < -0.3 is 44.0 Å². The second kappa shape index (κ2) is 14.6. The molecule has 0 amide bonds. The van der Waals surface area contributed by atoms with Crippen molar-refractivity contribution in [2.75, 3.05) is 6.93 Å². The molecule has 9 N–H and O–H groups in total. The van der Waals surface area contributed by atoms with Crippen molar-refractivity contribution in [3.63, 3.8) is 0 Å². The lowest BCUT2D eigenvalue weighted by Gasteiger charge is -1.82. The molecule has 0 rings (SSSR count). The van der Waals surface area contributed by atoms with Crippen LogP contribution in [-0.4, -0.2) is 51.0 Å². The van der Waals surface area contributed by atoms with E-state index in [-0.39, 0.29) is 7.43 Å². The number of hydrogen-bond acceptors (Lipinski definition) is 3. The lowest BCUT2D eigenvalue weighted by atomic mass is 11.7. The molecule has 0 aromatic carbocycles. The molecule has 0 aliphatic heterocycles. The van der Waals surface area contributed by atoms with E-state index in [1.54, 1.807) is 0 Å². The summed E-state index contributed by atoms with van der Waals surface area (Å²) in [4.78, 5) is 64.7. The Bertz CT molecular complexity index is 228. The predicted octanol–water partition coefficient (Wildman–Crippen LogP) is -1.27. The smallest absolute Gasteiger partial charge is 0.303 e. The number of hydrogen-bond donors (Lipinski definition) is 9. The average Bonchev–Trinajstić information content (AvgIpc) is 1.71. The normalized spacial score (nSPS) is 10.3. The first kappa shape index (κ1) is 31.5. The first-order valence-electron chi connectivity index (χ1n) is 2.88. The molecular formula is C2H15F2O12P3. The van der Waals surface area contributed by atoms with Gasteiger partial charge >= 0.3 is 23.5 Å². The molecule has 0 aromatic rings. The van der Waals surface area contributed by atoms with E-state index >= 15 is 0 Å². The van der Waals surface area contributed by atoms with Crippen LogP contribution in [0.1, 0.15) is 7.43 Å². The van der Waals surface area contributed by atoms with Crippen LogP contribution in [0, 0.1) is 0 Å². The maximum Gasteiger partial charge on any atom is 0.466 e. The highest BCUT2D eigenvalue weighted by molar-refractivity contribution is 7.45.